The van der Waals surface area contributed by atoms with Crippen molar-refractivity contribution in [1.82, 2.24) is 4.98 Å². The van der Waals surface area contributed by atoms with Crippen molar-refractivity contribution < 1.29 is 4.74 Å². The van der Waals surface area contributed by atoms with Crippen molar-refractivity contribution in [3.05, 3.63) is 59.9 Å². The van der Waals surface area contributed by atoms with Gasteiger partial charge in [-0.15, -0.1) is 0 Å². The molecule has 0 amide bonds. The minimum absolute atomic E-state index is 0.107. The predicted molar refractivity (Wildman–Crippen MR) is 81.8 cm³/mol. The highest BCUT2D eigenvalue weighted by atomic mass is 16.5. The van der Waals surface area contributed by atoms with Crippen molar-refractivity contribution in [3.8, 4) is 5.75 Å². The van der Waals surface area contributed by atoms with E-state index in [0.717, 1.165) is 11.3 Å². The van der Waals surface area contributed by atoms with E-state index < -0.39 is 0 Å². The fraction of sp³-hybridized carbons (Fsp3) is 0.353. The molecule has 1 aromatic carbocycles. The van der Waals surface area contributed by atoms with E-state index in [1.54, 1.807) is 12.4 Å². The monoisotopic (exact) mass is 270 g/mol. The number of hydrogen-bond donors (Lipinski definition) is 1. The van der Waals surface area contributed by atoms with Crippen LogP contribution in [-0.4, -0.2) is 11.0 Å². The minimum Gasteiger partial charge on any atom is -0.484 e. The summed E-state index contributed by atoms with van der Waals surface area (Å²) in [7, 11) is 0. The van der Waals surface area contributed by atoms with E-state index in [1.165, 1.54) is 5.56 Å². The summed E-state index contributed by atoms with van der Waals surface area (Å²) in [5, 5.41) is 0. The van der Waals surface area contributed by atoms with Gasteiger partial charge >= 0.3 is 0 Å². The van der Waals surface area contributed by atoms with Gasteiger partial charge in [0, 0.05) is 24.0 Å². The van der Waals surface area contributed by atoms with Gasteiger partial charge in [-0.3, -0.25) is 4.98 Å². The van der Waals surface area contributed by atoms with Crippen LogP contribution >= 0.6 is 0 Å². The molecule has 2 unspecified atom stereocenters. The molecule has 0 saturated carbocycles. The van der Waals surface area contributed by atoms with Crippen LogP contribution in [0, 0.1) is 0 Å². The smallest absolute Gasteiger partial charge is 0.140 e. The molecule has 20 heavy (non-hydrogen) atoms. The molecule has 1 heterocycles. The van der Waals surface area contributed by atoms with Gasteiger partial charge in [0.05, 0.1) is 0 Å². The van der Waals surface area contributed by atoms with Crippen molar-refractivity contribution in [1.29, 1.82) is 0 Å². The molecule has 3 nitrogen and oxygen atoms in total. The Morgan fingerprint density at radius 3 is 2.20 bits per heavy atom. The molecule has 0 aliphatic heterocycles. The van der Waals surface area contributed by atoms with Crippen molar-refractivity contribution in [2.24, 2.45) is 5.73 Å². The number of hydrogen-bond acceptors (Lipinski definition) is 3. The topological polar surface area (TPSA) is 48.1 Å². The van der Waals surface area contributed by atoms with Gasteiger partial charge in [-0.2, -0.15) is 0 Å². The van der Waals surface area contributed by atoms with Crippen LogP contribution < -0.4 is 10.5 Å². The Labute approximate surface area is 120 Å². The van der Waals surface area contributed by atoms with Crippen LogP contribution in [0.15, 0.2) is 48.8 Å². The highest BCUT2D eigenvalue weighted by molar-refractivity contribution is 5.30. The number of ether oxygens (including phenoxy) is 1. The molecule has 106 valence electrons. The fourth-order valence-electron chi connectivity index (χ4n) is 2.10. The molecule has 0 bridgehead atoms. The van der Waals surface area contributed by atoms with Crippen LogP contribution in [0.1, 0.15) is 43.9 Å². The Morgan fingerprint density at radius 1 is 1.00 bits per heavy atom. The molecule has 2 aromatic rings. The van der Waals surface area contributed by atoms with Crippen LogP contribution in [0.5, 0.6) is 5.75 Å². The van der Waals surface area contributed by atoms with Gasteiger partial charge in [0.25, 0.3) is 0 Å². The summed E-state index contributed by atoms with van der Waals surface area (Å²) in [6, 6.07) is 12.0. The molecule has 1 aromatic heterocycles. The van der Waals surface area contributed by atoms with E-state index in [-0.39, 0.29) is 12.1 Å². The average molecular weight is 270 g/mol. The van der Waals surface area contributed by atoms with Crippen LogP contribution in [-0.2, 0) is 0 Å². The van der Waals surface area contributed by atoms with Crippen molar-refractivity contribution >= 4 is 0 Å². The van der Waals surface area contributed by atoms with E-state index in [0.29, 0.717) is 5.92 Å². The first-order chi connectivity index (χ1) is 9.58. The van der Waals surface area contributed by atoms with E-state index in [9.17, 15) is 0 Å². The third-order valence-corrected chi connectivity index (χ3v) is 3.30. The predicted octanol–water partition coefficient (Wildman–Crippen LogP) is 3.67. The first-order valence-electron chi connectivity index (χ1n) is 7.00. The summed E-state index contributed by atoms with van der Waals surface area (Å²) in [5.41, 5.74) is 8.34. The summed E-state index contributed by atoms with van der Waals surface area (Å²) in [5.74, 6) is 1.35. The normalized spacial score (nSPS) is 14.1. The Bertz CT molecular complexity index is 520. The molecule has 0 spiro atoms. The molecule has 0 aliphatic rings. The zero-order chi connectivity index (χ0) is 14.5. The lowest BCUT2D eigenvalue weighted by atomic mass is 10.0. The molecule has 3 heteroatoms. The lowest BCUT2D eigenvalue weighted by Gasteiger charge is -2.23. The quantitative estimate of drug-likeness (QED) is 0.901. The van der Waals surface area contributed by atoms with Gasteiger partial charge in [-0.25, -0.2) is 0 Å². The first-order valence-corrected chi connectivity index (χ1v) is 7.00. The standard InChI is InChI=1S/C17H22N2O/c1-12(2)14-6-8-16(9-7-14)20-17(13(3)18)15-5-4-10-19-11-15/h4-13,17H,18H2,1-3H3. The van der Waals surface area contributed by atoms with Gasteiger partial charge in [-0.1, -0.05) is 32.0 Å². The number of nitrogens with two attached hydrogens (primary N) is 1. The molecular weight excluding hydrogens is 248 g/mol. The van der Waals surface area contributed by atoms with Gasteiger partial charge < -0.3 is 10.5 Å². The van der Waals surface area contributed by atoms with Gasteiger partial charge in [-0.05, 0) is 36.6 Å². The molecule has 0 aliphatic carbocycles. The van der Waals surface area contributed by atoms with Crippen LogP contribution in [0.3, 0.4) is 0 Å². The van der Waals surface area contributed by atoms with Crippen molar-refractivity contribution in [2.45, 2.75) is 38.8 Å². The van der Waals surface area contributed by atoms with Gasteiger partial charge in [0.15, 0.2) is 0 Å². The SMILES string of the molecule is CC(C)c1ccc(OC(c2cccnc2)C(C)N)cc1. The summed E-state index contributed by atoms with van der Waals surface area (Å²) in [6.07, 6.45) is 3.36. The van der Waals surface area contributed by atoms with Crippen LogP contribution in [0.25, 0.3) is 0 Å². The zero-order valence-electron chi connectivity index (χ0n) is 12.3. The third kappa shape index (κ3) is 3.58. The maximum Gasteiger partial charge on any atom is 0.140 e. The third-order valence-electron chi connectivity index (χ3n) is 3.30. The summed E-state index contributed by atoms with van der Waals surface area (Å²) < 4.78 is 6.03. The summed E-state index contributed by atoms with van der Waals surface area (Å²) in [6.45, 7) is 6.30. The highest BCUT2D eigenvalue weighted by Gasteiger charge is 2.18. The highest BCUT2D eigenvalue weighted by Crippen LogP contribution is 2.25. The first kappa shape index (κ1) is 14.5. The Balaban J connectivity index is 2.17. The lowest BCUT2D eigenvalue weighted by molar-refractivity contribution is 0.180. The maximum atomic E-state index is 6.04. The summed E-state index contributed by atoms with van der Waals surface area (Å²) >= 11 is 0. The second-order valence-electron chi connectivity index (χ2n) is 5.41. The zero-order valence-corrected chi connectivity index (χ0v) is 12.3. The molecule has 2 N–H and O–H groups in total. The Hall–Kier alpha value is -1.87. The number of pyridine rings is 1. The lowest BCUT2D eigenvalue weighted by Crippen LogP contribution is -2.29. The molecule has 2 atom stereocenters. The second-order valence-corrected chi connectivity index (χ2v) is 5.41. The van der Waals surface area contributed by atoms with E-state index >= 15 is 0 Å². The van der Waals surface area contributed by atoms with E-state index in [1.807, 2.05) is 31.2 Å². The van der Waals surface area contributed by atoms with E-state index in [2.05, 4.69) is 31.0 Å². The number of aromatic nitrogens is 1. The van der Waals surface area contributed by atoms with Crippen LogP contribution in [0.4, 0.5) is 0 Å². The average Bonchev–Trinajstić information content (AvgIpc) is 2.46. The molecule has 0 radical (unpaired) electrons. The second kappa shape index (κ2) is 6.53. The minimum atomic E-state index is -0.186. The molecule has 0 saturated heterocycles. The fourth-order valence-corrected chi connectivity index (χ4v) is 2.10. The molecular formula is C17H22N2O. The maximum absolute atomic E-state index is 6.04. The largest absolute Gasteiger partial charge is 0.484 e. The summed E-state index contributed by atoms with van der Waals surface area (Å²) in [4.78, 5) is 4.13. The number of rotatable bonds is 5. The molecule has 0 fully saturated rings. The van der Waals surface area contributed by atoms with Crippen molar-refractivity contribution in [3.63, 3.8) is 0 Å². The van der Waals surface area contributed by atoms with Crippen LogP contribution in [0.2, 0.25) is 0 Å². The number of benzene rings is 1. The van der Waals surface area contributed by atoms with Crippen molar-refractivity contribution in [2.75, 3.05) is 0 Å². The van der Waals surface area contributed by atoms with Gasteiger partial charge in [0.1, 0.15) is 11.9 Å². The van der Waals surface area contributed by atoms with Gasteiger partial charge in [0.2, 0.25) is 0 Å². The van der Waals surface area contributed by atoms with E-state index in [4.69, 9.17) is 10.5 Å². The molecule has 2 rings (SSSR count). The number of nitrogens with zero attached hydrogens (tertiary/aromatic N) is 1. The Morgan fingerprint density at radius 2 is 1.70 bits per heavy atom. The Kier molecular flexibility index (Phi) is 4.74.